The van der Waals surface area contributed by atoms with Crippen molar-refractivity contribution < 1.29 is 9.59 Å². The van der Waals surface area contributed by atoms with E-state index in [1.165, 1.54) is 0 Å². The van der Waals surface area contributed by atoms with Gasteiger partial charge in [0.1, 0.15) is 5.82 Å². The van der Waals surface area contributed by atoms with Crippen molar-refractivity contribution in [3.8, 4) is 0 Å². The normalized spacial score (nSPS) is 10.5. The van der Waals surface area contributed by atoms with Crippen LogP contribution in [0.2, 0.25) is 0 Å². The van der Waals surface area contributed by atoms with Crippen molar-refractivity contribution in [1.29, 1.82) is 0 Å². The molecule has 28 heavy (non-hydrogen) atoms. The number of nitrogens with zero attached hydrogens (tertiary/aromatic N) is 2. The van der Waals surface area contributed by atoms with Crippen LogP contribution in [0, 0.1) is 0 Å². The van der Waals surface area contributed by atoms with Crippen LogP contribution in [0.15, 0.2) is 71.3 Å². The van der Waals surface area contributed by atoms with E-state index in [1.807, 2.05) is 54.6 Å². The number of rotatable bonds is 8. The van der Waals surface area contributed by atoms with Crippen LogP contribution in [0.1, 0.15) is 17.5 Å². The van der Waals surface area contributed by atoms with E-state index in [4.69, 9.17) is 0 Å². The first-order valence-electron chi connectivity index (χ1n) is 8.97. The third-order valence-electron chi connectivity index (χ3n) is 4.11. The Morgan fingerprint density at radius 2 is 1.68 bits per heavy atom. The maximum absolute atomic E-state index is 12.2. The quantitative estimate of drug-likeness (QED) is 0.563. The molecule has 2 amide bonds. The number of hydrogen-bond acceptors (Lipinski definition) is 3. The number of hydrogen-bond donors (Lipinski definition) is 2. The molecule has 6 nitrogen and oxygen atoms in total. The monoisotopic (exact) mass is 440 g/mol. The minimum absolute atomic E-state index is 0.0979. The van der Waals surface area contributed by atoms with Crippen LogP contribution in [-0.4, -0.2) is 28.1 Å². The fraction of sp³-hybridized carbons (Fsp3) is 0.190. The third-order valence-corrected chi connectivity index (χ3v) is 4.64. The molecule has 0 atom stereocenters. The summed E-state index contributed by atoms with van der Waals surface area (Å²) in [5.74, 6) is 0.361. The van der Waals surface area contributed by atoms with Gasteiger partial charge >= 0.3 is 0 Å². The average molecular weight is 441 g/mol. The summed E-state index contributed by atoms with van der Waals surface area (Å²) in [6, 6.07) is 19.2. The van der Waals surface area contributed by atoms with Gasteiger partial charge in [-0.15, -0.1) is 0 Å². The van der Waals surface area contributed by atoms with Crippen molar-refractivity contribution in [2.24, 2.45) is 0 Å². The van der Waals surface area contributed by atoms with Gasteiger partial charge in [0, 0.05) is 23.5 Å². The molecule has 0 saturated carbocycles. The summed E-state index contributed by atoms with van der Waals surface area (Å²) in [6.45, 7) is 0.849. The first-order valence-corrected chi connectivity index (χ1v) is 9.76. The van der Waals surface area contributed by atoms with Gasteiger partial charge in [-0.2, -0.15) is 5.10 Å². The van der Waals surface area contributed by atoms with Crippen molar-refractivity contribution in [3.63, 3.8) is 0 Å². The van der Waals surface area contributed by atoms with E-state index in [1.54, 1.807) is 16.9 Å². The van der Waals surface area contributed by atoms with Gasteiger partial charge in [-0.3, -0.25) is 9.59 Å². The Labute approximate surface area is 172 Å². The Morgan fingerprint density at radius 1 is 0.929 bits per heavy atom. The second-order valence-corrected chi connectivity index (χ2v) is 7.23. The van der Waals surface area contributed by atoms with E-state index in [2.05, 4.69) is 31.7 Å². The highest BCUT2D eigenvalue weighted by Crippen LogP contribution is 2.14. The maximum Gasteiger partial charge on any atom is 0.227 e. The molecule has 3 aromatic rings. The number of carbonyl (C=O) groups is 2. The SMILES string of the molecule is O=C(Cc1ccccc1)NCCC(=O)Nc1ccnn1Cc1ccc(Br)cc1. The molecule has 144 valence electrons. The van der Waals surface area contributed by atoms with Crippen molar-refractivity contribution in [2.45, 2.75) is 19.4 Å². The smallest absolute Gasteiger partial charge is 0.227 e. The average Bonchev–Trinajstić information content (AvgIpc) is 3.11. The van der Waals surface area contributed by atoms with Gasteiger partial charge in [0.2, 0.25) is 11.8 Å². The molecule has 0 fully saturated rings. The zero-order valence-corrected chi connectivity index (χ0v) is 16.9. The molecule has 7 heteroatoms. The first kappa shape index (κ1) is 19.8. The maximum atomic E-state index is 12.2. The van der Waals surface area contributed by atoms with Crippen molar-refractivity contribution >= 4 is 33.6 Å². The van der Waals surface area contributed by atoms with Crippen molar-refractivity contribution in [1.82, 2.24) is 15.1 Å². The Bertz CT molecular complexity index is 923. The van der Waals surface area contributed by atoms with Crippen LogP contribution in [0.4, 0.5) is 5.82 Å². The third kappa shape index (κ3) is 6.06. The summed E-state index contributed by atoms with van der Waals surface area (Å²) in [5.41, 5.74) is 2.02. The molecule has 2 aromatic carbocycles. The highest BCUT2D eigenvalue weighted by molar-refractivity contribution is 9.10. The summed E-state index contributed by atoms with van der Waals surface area (Å²) in [5, 5.41) is 9.88. The molecular weight excluding hydrogens is 420 g/mol. The number of benzene rings is 2. The van der Waals surface area contributed by atoms with E-state index in [0.29, 0.717) is 25.3 Å². The molecular formula is C21H21BrN4O2. The highest BCUT2D eigenvalue weighted by Gasteiger charge is 2.09. The van der Waals surface area contributed by atoms with E-state index in [0.717, 1.165) is 15.6 Å². The zero-order chi connectivity index (χ0) is 19.8. The largest absolute Gasteiger partial charge is 0.355 e. The Balaban J connectivity index is 1.44. The van der Waals surface area contributed by atoms with E-state index >= 15 is 0 Å². The molecule has 3 rings (SSSR count). The molecule has 1 heterocycles. The predicted molar refractivity (Wildman–Crippen MR) is 112 cm³/mol. The number of amides is 2. The summed E-state index contributed by atoms with van der Waals surface area (Å²) in [4.78, 5) is 24.1. The lowest BCUT2D eigenvalue weighted by molar-refractivity contribution is -0.120. The molecule has 0 aliphatic carbocycles. The molecule has 0 aliphatic heterocycles. The number of aromatic nitrogens is 2. The Morgan fingerprint density at radius 3 is 2.43 bits per heavy atom. The van der Waals surface area contributed by atoms with Gasteiger partial charge < -0.3 is 10.6 Å². The molecule has 0 unspecified atom stereocenters. The van der Waals surface area contributed by atoms with Crippen LogP contribution in [0.3, 0.4) is 0 Å². The summed E-state index contributed by atoms with van der Waals surface area (Å²) in [6.07, 6.45) is 2.16. The van der Waals surface area contributed by atoms with Gasteiger partial charge in [-0.05, 0) is 23.3 Å². The number of anilines is 1. The Hall–Kier alpha value is -2.93. The van der Waals surface area contributed by atoms with Gasteiger partial charge in [-0.1, -0.05) is 58.4 Å². The van der Waals surface area contributed by atoms with E-state index in [9.17, 15) is 9.59 Å². The number of carbonyl (C=O) groups excluding carboxylic acids is 2. The van der Waals surface area contributed by atoms with Crippen molar-refractivity contribution in [2.75, 3.05) is 11.9 Å². The molecule has 0 aliphatic rings. The lowest BCUT2D eigenvalue weighted by Crippen LogP contribution is -2.29. The fourth-order valence-electron chi connectivity index (χ4n) is 2.69. The van der Waals surface area contributed by atoms with Crippen LogP contribution in [0.5, 0.6) is 0 Å². The summed E-state index contributed by atoms with van der Waals surface area (Å²) < 4.78 is 2.74. The zero-order valence-electron chi connectivity index (χ0n) is 15.3. The van der Waals surface area contributed by atoms with Gasteiger partial charge in [-0.25, -0.2) is 4.68 Å². The van der Waals surface area contributed by atoms with Crippen LogP contribution >= 0.6 is 15.9 Å². The van der Waals surface area contributed by atoms with E-state index in [-0.39, 0.29) is 18.2 Å². The van der Waals surface area contributed by atoms with Crippen LogP contribution in [0.25, 0.3) is 0 Å². The molecule has 0 radical (unpaired) electrons. The van der Waals surface area contributed by atoms with Crippen LogP contribution < -0.4 is 10.6 Å². The van der Waals surface area contributed by atoms with E-state index < -0.39 is 0 Å². The summed E-state index contributed by atoms with van der Waals surface area (Å²) in [7, 11) is 0. The van der Waals surface area contributed by atoms with Gasteiger partial charge in [0.25, 0.3) is 0 Å². The number of halogens is 1. The Kier molecular flexibility index (Phi) is 6.97. The van der Waals surface area contributed by atoms with Crippen molar-refractivity contribution in [3.05, 3.63) is 82.5 Å². The standard InChI is InChI=1S/C21H21BrN4O2/c22-18-8-6-17(7-9-18)15-26-19(10-13-24-26)25-20(27)11-12-23-21(28)14-16-4-2-1-3-5-16/h1-10,13H,11-12,14-15H2,(H,23,28)(H,25,27). The van der Waals surface area contributed by atoms with Gasteiger partial charge in [0.15, 0.2) is 0 Å². The number of nitrogens with one attached hydrogen (secondary N) is 2. The summed E-state index contributed by atoms with van der Waals surface area (Å²) >= 11 is 3.41. The molecule has 0 bridgehead atoms. The highest BCUT2D eigenvalue weighted by atomic mass is 79.9. The predicted octanol–water partition coefficient (Wildman–Crippen LogP) is 3.38. The fourth-order valence-corrected chi connectivity index (χ4v) is 2.96. The first-order chi connectivity index (χ1) is 13.6. The molecule has 1 aromatic heterocycles. The molecule has 0 spiro atoms. The second kappa shape index (κ2) is 9.85. The second-order valence-electron chi connectivity index (χ2n) is 6.31. The minimum atomic E-state index is -0.169. The molecule has 2 N–H and O–H groups in total. The molecule has 0 saturated heterocycles. The minimum Gasteiger partial charge on any atom is -0.355 e. The topological polar surface area (TPSA) is 76.0 Å². The lowest BCUT2D eigenvalue weighted by atomic mass is 10.1. The lowest BCUT2D eigenvalue weighted by Gasteiger charge is -2.10. The van der Waals surface area contributed by atoms with Gasteiger partial charge in [0.05, 0.1) is 19.2 Å². The van der Waals surface area contributed by atoms with Crippen LogP contribution in [-0.2, 0) is 22.6 Å².